The summed E-state index contributed by atoms with van der Waals surface area (Å²) < 4.78 is -0.291. The Balaban J connectivity index is 1.86. The number of nitriles is 1. The molecule has 1 amide bonds. The Labute approximate surface area is 122 Å². The summed E-state index contributed by atoms with van der Waals surface area (Å²) in [5.41, 5.74) is 0.754. The van der Waals surface area contributed by atoms with Gasteiger partial charge in [-0.25, -0.2) is 0 Å². The predicted octanol–water partition coefficient (Wildman–Crippen LogP) is 1.92. The summed E-state index contributed by atoms with van der Waals surface area (Å²) in [5.74, 6) is -0.559. The lowest BCUT2D eigenvalue weighted by molar-refractivity contribution is -0.159. The molecule has 4 nitrogen and oxygen atoms in total. The quantitative estimate of drug-likeness (QED) is 0.845. The largest absolute Gasteiger partial charge is 0.387 e. The van der Waals surface area contributed by atoms with E-state index in [-0.39, 0.29) is 16.0 Å². The second-order valence-corrected chi connectivity index (χ2v) is 7.54. The number of aliphatic hydroxyl groups excluding tert-OH is 1. The Bertz CT molecular complexity index is 581. The van der Waals surface area contributed by atoms with Crippen LogP contribution in [0, 0.1) is 17.2 Å². The molecule has 0 bridgehead atoms. The van der Waals surface area contributed by atoms with Crippen molar-refractivity contribution in [2.24, 2.45) is 5.92 Å². The van der Waals surface area contributed by atoms with Crippen LogP contribution in [0.4, 0.5) is 0 Å². The van der Waals surface area contributed by atoms with Crippen molar-refractivity contribution in [3.63, 3.8) is 0 Å². The fraction of sp³-hybridized carbons (Fsp3) is 0.467. The number of aliphatic hydroxyl groups is 1. The molecule has 2 saturated heterocycles. The number of β-lactam (4-membered cyclic amide) rings is 1. The summed E-state index contributed by atoms with van der Waals surface area (Å²) in [7, 11) is 0. The Morgan fingerprint density at radius 1 is 1.40 bits per heavy atom. The standard InChI is InChI=1S/C15H16N2O2S/c1-15(2)10(8-16)17-13(19)11(14(17)20-15)12(18)9-6-4-3-5-7-9/h3-7,10-12,14,18H,1-2H3. The van der Waals surface area contributed by atoms with Crippen LogP contribution in [0.2, 0.25) is 0 Å². The van der Waals surface area contributed by atoms with E-state index in [4.69, 9.17) is 0 Å². The summed E-state index contributed by atoms with van der Waals surface area (Å²) >= 11 is 1.61. The molecule has 4 unspecified atom stereocenters. The van der Waals surface area contributed by atoms with Crippen LogP contribution in [-0.4, -0.2) is 32.1 Å². The molecule has 2 aliphatic heterocycles. The topological polar surface area (TPSA) is 64.3 Å². The number of nitrogens with zero attached hydrogens (tertiary/aromatic N) is 2. The molecule has 1 aromatic rings. The van der Waals surface area contributed by atoms with Crippen LogP contribution in [0.5, 0.6) is 0 Å². The first kappa shape index (κ1) is 13.5. The van der Waals surface area contributed by atoms with Gasteiger partial charge in [-0.3, -0.25) is 4.79 Å². The Morgan fingerprint density at radius 3 is 2.65 bits per heavy atom. The average Bonchev–Trinajstić information content (AvgIpc) is 2.67. The molecule has 4 atom stereocenters. The Kier molecular flexibility index (Phi) is 3.03. The fourth-order valence-electron chi connectivity index (χ4n) is 2.99. The molecule has 2 aliphatic rings. The number of hydrogen-bond donors (Lipinski definition) is 1. The van der Waals surface area contributed by atoms with Crippen molar-refractivity contribution in [2.75, 3.05) is 0 Å². The monoisotopic (exact) mass is 288 g/mol. The summed E-state index contributed by atoms with van der Waals surface area (Å²) in [6, 6.07) is 11.0. The van der Waals surface area contributed by atoms with Gasteiger partial charge in [0.1, 0.15) is 6.04 Å². The van der Waals surface area contributed by atoms with E-state index in [1.54, 1.807) is 16.7 Å². The van der Waals surface area contributed by atoms with Gasteiger partial charge in [0.2, 0.25) is 5.91 Å². The van der Waals surface area contributed by atoms with E-state index in [1.807, 2.05) is 44.2 Å². The highest BCUT2D eigenvalue weighted by Gasteiger charge is 2.63. The van der Waals surface area contributed by atoms with Crippen LogP contribution in [0.1, 0.15) is 25.5 Å². The smallest absolute Gasteiger partial charge is 0.233 e. The lowest BCUT2D eigenvalue weighted by Crippen LogP contribution is -2.61. The number of carbonyl (C=O) groups excluding carboxylic acids is 1. The summed E-state index contributed by atoms with van der Waals surface area (Å²) in [5, 5.41) is 19.6. The molecular weight excluding hydrogens is 272 g/mol. The third kappa shape index (κ3) is 1.75. The second kappa shape index (κ2) is 4.51. The SMILES string of the molecule is CC1(C)SC2C(C(O)c3ccccc3)C(=O)N2C1C#N. The first-order valence-corrected chi connectivity index (χ1v) is 7.48. The summed E-state index contributed by atoms with van der Waals surface area (Å²) in [4.78, 5) is 13.9. The van der Waals surface area contributed by atoms with Gasteiger partial charge in [-0.1, -0.05) is 30.3 Å². The van der Waals surface area contributed by atoms with E-state index >= 15 is 0 Å². The van der Waals surface area contributed by atoms with Gasteiger partial charge in [0.25, 0.3) is 0 Å². The van der Waals surface area contributed by atoms with E-state index in [2.05, 4.69) is 6.07 Å². The van der Waals surface area contributed by atoms with Crippen molar-refractivity contribution in [3.05, 3.63) is 35.9 Å². The van der Waals surface area contributed by atoms with E-state index in [9.17, 15) is 15.2 Å². The molecule has 3 rings (SSSR count). The molecule has 0 spiro atoms. The molecule has 1 N–H and O–H groups in total. The van der Waals surface area contributed by atoms with Gasteiger partial charge >= 0.3 is 0 Å². The van der Waals surface area contributed by atoms with E-state index in [0.29, 0.717) is 0 Å². The van der Waals surface area contributed by atoms with Gasteiger partial charge in [-0.05, 0) is 19.4 Å². The van der Waals surface area contributed by atoms with Crippen LogP contribution >= 0.6 is 11.8 Å². The summed E-state index contributed by atoms with van der Waals surface area (Å²) in [6.45, 7) is 3.95. The zero-order chi connectivity index (χ0) is 14.5. The second-order valence-electron chi connectivity index (χ2n) is 5.77. The summed E-state index contributed by atoms with van der Waals surface area (Å²) in [6.07, 6.45) is -0.800. The first-order chi connectivity index (χ1) is 9.47. The molecule has 1 aromatic carbocycles. The average molecular weight is 288 g/mol. The molecule has 0 radical (unpaired) electrons. The number of hydrogen-bond acceptors (Lipinski definition) is 4. The van der Waals surface area contributed by atoms with Gasteiger partial charge in [0, 0.05) is 4.75 Å². The van der Waals surface area contributed by atoms with E-state index < -0.39 is 18.1 Å². The predicted molar refractivity (Wildman–Crippen MR) is 76.6 cm³/mol. The lowest BCUT2D eigenvalue weighted by Gasteiger charge is -2.45. The van der Waals surface area contributed by atoms with Gasteiger partial charge in [0.05, 0.1) is 23.5 Å². The van der Waals surface area contributed by atoms with Crippen molar-refractivity contribution in [1.82, 2.24) is 4.90 Å². The number of carbonyl (C=O) groups is 1. The molecule has 20 heavy (non-hydrogen) atoms. The van der Waals surface area contributed by atoms with E-state index in [1.165, 1.54) is 0 Å². The number of amides is 1. The molecule has 0 aromatic heterocycles. The lowest BCUT2D eigenvalue weighted by atomic mass is 9.85. The molecular formula is C15H16N2O2S. The van der Waals surface area contributed by atoms with Gasteiger partial charge in [-0.2, -0.15) is 5.26 Å². The number of thioether (sulfide) groups is 1. The maximum absolute atomic E-state index is 12.3. The van der Waals surface area contributed by atoms with Crippen molar-refractivity contribution in [3.8, 4) is 6.07 Å². The number of fused-ring (bicyclic) bond motifs is 1. The molecule has 0 aliphatic carbocycles. The van der Waals surface area contributed by atoms with Crippen LogP contribution in [0.3, 0.4) is 0 Å². The van der Waals surface area contributed by atoms with Crippen molar-refractivity contribution < 1.29 is 9.90 Å². The molecule has 2 heterocycles. The Morgan fingerprint density at radius 2 is 2.05 bits per heavy atom. The highest BCUT2D eigenvalue weighted by atomic mass is 32.2. The minimum absolute atomic E-state index is 0.0997. The third-order valence-corrected chi connectivity index (χ3v) is 5.68. The van der Waals surface area contributed by atoms with Crippen LogP contribution in [0.25, 0.3) is 0 Å². The number of benzene rings is 1. The van der Waals surface area contributed by atoms with Gasteiger partial charge in [0.15, 0.2) is 0 Å². The normalized spacial score (nSPS) is 32.2. The van der Waals surface area contributed by atoms with Crippen molar-refractivity contribution >= 4 is 17.7 Å². The molecule has 0 saturated carbocycles. The maximum Gasteiger partial charge on any atom is 0.233 e. The number of rotatable bonds is 2. The maximum atomic E-state index is 12.3. The fourth-order valence-corrected chi connectivity index (χ4v) is 4.66. The highest BCUT2D eigenvalue weighted by Crippen LogP contribution is 2.55. The highest BCUT2D eigenvalue weighted by molar-refractivity contribution is 8.01. The third-order valence-electron chi connectivity index (χ3n) is 4.09. The zero-order valence-corrected chi connectivity index (χ0v) is 12.2. The van der Waals surface area contributed by atoms with Crippen LogP contribution < -0.4 is 0 Å². The van der Waals surface area contributed by atoms with Crippen molar-refractivity contribution in [2.45, 2.75) is 36.1 Å². The minimum atomic E-state index is -0.800. The first-order valence-electron chi connectivity index (χ1n) is 6.60. The van der Waals surface area contributed by atoms with Crippen LogP contribution in [-0.2, 0) is 4.79 Å². The molecule has 104 valence electrons. The molecule has 5 heteroatoms. The molecule has 2 fully saturated rings. The van der Waals surface area contributed by atoms with E-state index in [0.717, 1.165) is 5.56 Å². The van der Waals surface area contributed by atoms with Crippen molar-refractivity contribution in [1.29, 1.82) is 5.26 Å². The van der Waals surface area contributed by atoms with Gasteiger partial charge in [-0.15, -0.1) is 11.8 Å². The Hall–Kier alpha value is -1.51. The van der Waals surface area contributed by atoms with Crippen LogP contribution in [0.15, 0.2) is 30.3 Å². The minimum Gasteiger partial charge on any atom is -0.387 e. The van der Waals surface area contributed by atoms with Gasteiger partial charge < -0.3 is 10.0 Å². The zero-order valence-electron chi connectivity index (χ0n) is 11.4.